The van der Waals surface area contributed by atoms with E-state index in [1.165, 1.54) is 17.7 Å². The lowest BCUT2D eigenvalue weighted by molar-refractivity contribution is -0.137. The number of piperidine rings is 1. The Morgan fingerprint density at radius 2 is 1.47 bits per heavy atom. The maximum absolute atomic E-state index is 13.1. The van der Waals surface area contributed by atoms with E-state index in [0.29, 0.717) is 36.1 Å². The van der Waals surface area contributed by atoms with Gasteiger partial charge in [0, 0.05) is 18.6 Å². The van der Waals surface area contributed by atoms with Gasteiger partial charge in [-0.2, -0.15) is 13.2 Å². The number of carbonyl (C=O) groups excluding carboxylic acids is 1. The number of nitrogens with zero attached hydrogens (tertiary/aromatic N) is 1. The zero-order valence-corrected chi connectivity index (χ0v) is 26.1. The Bertz CT molecular complexity index is 1890. The van der Waals surface area contributed by atoms with Crippen LogP contribution in [0.25, 0.3) is 33.0 Å². The summed E-state index contributed by atoms with van der Waals surface area (Å²) in [4.78, 5) is 15.5. The molecule has 47 heavy (non-hydrogen) atoms. The van der Waals surface area contributed by atoms with Gasteiger partial charge in [0.1, 0.15) is 0 Å². The summed E-state index contributed by atoms with van der Waals surface area (Å²) >= 11 is 0. The second-order valence-corrected chi connectivity index (χ2v) is 12.8. The number of hydrogen-bond acceptors (Lipinski definition) is 4. The zero-order valence-electron chi connectivity index (χ0n) is 26.1. The van der Waals surface area contributed by atoms with Gasteiger partial charge in [0.05, 0.1) is 23.3 Å². The Balaban J connectivity index is 1.19. The number of ether oxygens (including phenoxy) is 1. The normalized spacial score (nSPS) is 21.2. The quantitative estimate of drug-likeness (QED) is 0.181. The third kappa shape index (κ3) is 6.18. The molecule has 240 valence electrons. The molecule has 0 amide bonds. The number of alkyl halides is 3. The van der Waals surface area contributed by atoms with Crippen LogP contribution in [-0.4, -0.2) is 34.7 Å². The van der Waals surface area contributed by atoms with Gasteiger partial charge in [-0.3, -0.25) is 4.90 Å². The molecule has 1 N–H and O–H groups in total. The van der Waals surface area contributed by atoms with Crippen molar-refractivity contribution in [1.29, 1.82) is 0 Å². The summed E-state index contributed by atoms with van der Waals surface area (Å²) in [5.74, 6) is -0.445. The van der Waals surface area contributed by atoms with Gasteiger partial charge >= 0.3 is 12.1 Å². The van der Waals surface area contributed by atoms with Crippen LogP contribution in [0.4, 0.5) is 13.2 Å². The molecule has 0 spiro atoms. The smallest absolute Gasteiger partial charge is 0.416 e. The summed E-state index contributed by atoms with van der Waals surface area (Å²) in [5.41, 5.74) is 4.07. The van der Waals surface area contributed by atoms with Crippen molar-refractivity contribution in [2.24, 2.45) is 0 Å². The third-order valence-corrected chi connectivity index (χ3v) is 9.87. The highest BCUT2D eigenvalue weighted by Gasteiger charge is 2.48. The average Bonchev–Trinajstić information content (AvgIpc) is 3.32. The van der Waals surface area contributed by atoms with Crippen LogP contribution in [0.2, 0.25) is 0 Å². The van der Waals surface area contributed by atoms with E-state index in [0.717, 1.165) is 64.5 Å². The molecule has 2 heterocycles. The molecule has 2 fully saturated rings. The highest BCUT2D eigenvalue weighted by Crippen LogP contribution is 2.47. The first-order valence-corrected chi connectivity index (χ1v) is 16.2. The van der Waals surface area contributed by atoms with Gasteiger partial charge in [0.15, 0.2) is 0 Å². The summed E-state index contributed by atoms with van der Waals surface area (Å²) in [5, 5.41) is 13.6. The predicted molar refractivity (Wildman–Crippen MR) is 178 cm³/mol. The molecule has 2 bridgehead atoms. The van der Waals surface area contributed by atoms with E-state index in [9.17, 15) is 23.1 Å². The first-order valence-electron chi connectivity index (χ1n) is 16.2. The lowest BCUT2D eigenvalue weighted by atomic mass is 9.80. The third-order valence-electron chi connectivity index (χ3n) is 9.87. The fourth-order valence-electron chi connectivity index (χ4n) is 7.54. The van der Waals surface area contributed by atoms with Crippen molar-refractivity contribution in [2.75, 3.05) is 6.61 Å². The van der Waals surface area contributed by atoms with Gasteiger partial charge < -0.3 is 9.84 Å². The van der Waals surface area contributed by atoms with Crippen LogP contribution in [0.15, 0.2) is 109 Å². The Kier molecular flexibility index (Phi) is 8.14. The van der Waals surface area contributed by atoms with Crippen LogP contribution in [0.1, 0.15) is 59.7 Å². The first kappa shape index (κ1) is 31.2. The fraction of sp³-hybridized carbons (Fsp3) is 0.275. The molecule has 2 aliphatic rings. The second-order valence-electron chi connectivity index (χ2n) is 12.8. The summed E-state index contributed by atoms with van der Waals surface area (Å²) in [6, 6.07) is 33.5. The van der Waals surface area contributed by atoms with Crippen molar-refractivity contribution in [3.8, 4) is 22.3 Å². The minimum absolute atomic E-state index is 0.232. The summed E-state index contributed by atoms with van der Waals surface area (Å²) in [7, 11) is 0. The second kappa shape index (κ2) is 12.3. The maximum Gasteiger partial charge on any atom is 0.416 e. The molecule has 4 nitrogen and oxygen atoms in total. The Morgan fingerprint density at radius 3 is 2.11 bits per heavy atom. The van der Waals surface area contributed by atoms with Crippen molar-refractivity contribution >= 4 is 16.7 Å². The van der Waals surface area contributed by atoms with Gasteiger partial charge in [-0.05, 0) is 107 Å². The van der Waals surface area contributed by atoms with Crippen LogP contribution in [0, 0.1) is 0 Å². The van der Waals surface area contributed by atoms with Crippen LogP contribution < -0.4 is 0 Å². The van der Waals surface area contributed by atoms with Crippen LogP contribution in [-0.2, 0) is 23.1 Å². The van der Waals surface area contributed by atoms with Gasteiger partial charge in [-0.1, -0.05) is 78.9 Å². The minimum Gasteiger partial charge on any atom is -0.462 e. The van der Waals surface area contributed by atoms with E-state index < -0.39 is 23.3 Å². The van der Waals surface area contributed by atoms with Crippen molar-refractivity contribution in [2.45, 2.75) is 63.0 Å². The molecule has 0 aliphatic carbocycles. The molecule has 2 unspecified atom stereocenters. The van der Waals surface area contributed by atoms with E-state index in [2.05, 4.69) is 29.2 Å². The average molecular weight is 636 g/mol. The number of carbonyl (C=O) groups is 1. The van der Waals surface area contributed by atoms with Crippen molar-refractivity contribution < 1.29 is 27.8 Å². The predicted octanol–water partition coefficient (Wildman–Crippen LogP) is 9.38. The fourth-order valence-corrected chi connectivity index (χ4v) is 7.54. The number of benzene rings is 5. The van der Waals surface area contributed by atoms with Gasteiger partial charge in [-0.15, -0.1) is 0 Å². The van der Waals surface area contributed by atoms with Crippen molar-refractivity contribution in [1.82, 2.24) is 4.90 Å². The Labute approximate surface area is 272 Å². The molecule has 2 aliphatic heterocycles. The molecule has 0 saturated carbocycles. The largest absolute Gasteiger partial charge is 0.462 e. The molecule has 0 radical (unpaired) electrons. The van der Waals surface area contributed by atoms with Crippen molar-refractivity contribution in [3.63, 3.8) is 0 Å². The van der Waals surface area contributed by atoms with E-state index in [-0.39, 0.29) is 6.61 Å². The molecule has 7 heteroatoms. The molecule has 5 aromatic carbocycles. The van der Waals surface area contributed by atoms with Gasteiger partial charge in [-0.25, -0.2) is 4.79 Å². The first-order chi connectivity index (χ1) is 22.6. The highest BCUT2D eigenvalue weighted by molar-refractivity contribution is 6.04. The topological polar surface area (TPSA) is 49.8 Å². The monoisotopic (exact) mass is 635 g/mol. The molecule has 2 atom stereocenters. The standard InChI is InChI=1S/C40H36F3NO3/c1-2-47-38(45)31-21-30-20-29(27-8-15-33(16-9-27)40(41,42)43)12-19-36(30)37(22-31)28-10-13-32(14-11-28)39(46)23-34-17-18-35(24-39)44(34)25-26-6-4-3-5-7-26/h3-16,19-22,34-35,46H,2,17-18,23-25H2,1H3. The summed E-state index contributed by atoms with van der Waals surface area (Å²) in [6.45, 7) is 2.88. The van der Waals surface area contributed by atoms with Crippen LogP contribution in [0.3, 0.4) is 0 Å². The van der Waals surface area contributed by atoms with E-state index in [1.807, 2.05) is 54.6 Å². The number of aliphatic hydroxyl groups is 1. The zero-order chi connectivity index (χ0) is 32.8. The minimum atomic E-state index is -4.41. The number of hydrogen-bond donors (Lipinski definition) is 1. The number of rotatable bonds is 7. The molecule has 5 aromatic rings. The molecular formula is C40H36F3NO3. The van der Waals surface area contributed by atoms with Crippen LogP contribution in [0.5, 0.6) is 0 Å². The Hall–Kier alpha value is -4.46. The molecule has 2 saturated heterocycles. The van der Waals surface area contributed by atoms with E-state index >= 15 is 0 Å². The summed E-state index contributed by atoms with van der Waals surface area (Å²) in [6.07, 6.45) is -0.874. The van der Waals surface area contributed by atoms with Crippen LogP contribution >= 0.6 is 0 Å². The molecular weight excluding hydrogens is 599 g/mol. The Morgan fingerprint density at radius 1 is 0.830 bits per heavy atom. The SMILES string of the molecule is CCOC(=O)c1cc(-c2ccc(C3(O)CC4CCC(C3)N4Cc3ccccc3)cc2)c2ccc(-c3ccc(C(F)(F)F)cc3)cc2c1. The number of halogens is 3. The lowest BCUT2D eigenvalue weighted by Gasteiger charge is -2.44. The van der Waals surface area contributed by atoms with Gasteiger partial charge in [0.2, 0.25) is 0 Å². The highest BCUT2D eigenvalue weighted by atomic mass is 19.4. The van der Waals surface area contributed by atoms with E-state index in [4.69, 9.17) is 4.74 Å². The van der Waals surface area contributed by atoms with Crippen molar-refractivity contribution in [3.05, 3.63) is 131 Å². The lowest BCUT2D eigenvalue weighted by Crippen LogP contribution is -2.49. The number of fused-ring (bicyclic) bond motifs is 3. The summed E-state index contributed by atoms with van der Waals surface area (Å²) < 4.78 is 44.7. The molecule has 0 aromatic heterocycles. The number of esters is 1. The van der Waals surface area contributed by atoms with E-state index in [1.54, 1.807) is 13.0 Å². The molecule has 7 rings (SSSR count). The maximum atomic E-state index is 13.1. The van der Waals surface area contributed by atoms with Gasteiger partial charge in [0.25, 0.3) is 0 Å².